The van der Waals surface area contributed by atoms with E-state index >= 15 is 0 Å². The molecule has 0 aliphatic carbocycles. The van der Waals surface area contributed by atoms with E-state index < -0.39 is 0 Å². The lowest BCUT2D eigenvalue weighted by atomic mass is 10.2. The van der Waals surface area contributed by atoms with E-state index in [1.54, 1.807) is 0 Å². The Labute approximate surface area is 114 Å². The lowest BCUT2D eigenvalue weighted by molar-refractivity contribution is 0.961. The standard InChI is InChI=1S/C17H18S/c1-2-3-14-17(15-10-6-4-7-11-15)18-16-12-8-5-9-13-16/h4-14H,2-3H2,1H3. The SMILES string of the molecule is CCCC=C(Sc1ccccc1)c1ccccc1. The van der Waals surface area contributed by atoms with Crippen LogP contribution in [0, 0.1) is 0 Å². The van der Waals surface area contributed by atoms with Crippen LogP contribution in [0.3, 0.4) is 0 Å². The molecule has 1 heteroatoms. The van der Waals surface area contributed by atoms with Gasteiger partial charge in [-0.3, -0.25) is 0 Å². The summed E-state index contributed by atoms with van der Waals surface area (Å²) in [7, 11) is 0. The fourth-order valence-electron chi connectivity index (χ4n) is 1.71. The molecule has 0 bridgehead atoms. The molecule has 0 nitrogen and oxygen atoms in total. The molecule has 0 aromatic heterocycles. The molecule has 2 aromatic carbocycles. The zero-order valence-corrected chi connectivity index (χ0v) is 11.5. The predicted molar refractivity (Wildman–Crippen MR) is 81.6 cm³/mol. The van der Waals surface area contributed by atoms with Crippen LogP contribution >= 0.6 is 11.8 Å². The van der Waals surface area contributed by atoms with Crippen molar-refractivity contribution >= 4 is 16.7 Å². The second kappa shape index (κ2) is 7.07. The molecule has 92 valence electrons. The van der Waals surface area contributed by atoms with Crippen molar-refractivity contribution in [1.29, 1.82) is 0 Å². The lowest BCUT2D eigenvalue weighted by Crippen LogP contribution is -1.80. The number of allylic oxidation sites excluding steroid dienone is 1. The van der Waals surface area contributed by atoms with E-state index in [9.17, 15) is 0 Å². The molecule has 0 saturated carbocycles. The van der Waals surface area contributed by atoms with Gasteiger partial charge in [0.05, 0.1) is 0 Å². The van der Waals surface area contributed by atoms with E-state index in [1.807, 2.05) is 11.8 Å². The smallest absolute Gasteiger partial charge is 0.0154 e. The summed E-state index contributed by atoms with van der Waals surface area (Å²) in [5.74, 6) is 0. The molecule has 0 heterocycles. The first-order valence-electron chi connectivity index (χ1n) is 6.38. The average molecular weight is 254 g/mol. The number of thioether (sulfide) groups is 1. The van der Waals surface area contributed by atoms with Gasteiger partial charge in [-0.05, 0) is 24.1 Å². The molecule has 18 heavy (non-hydrogen) atoms. The van der Waals surface area contributed by atoms with Crippen molar-refractivity contribution < 1.29 is 0 Å². The fraction of sp³-hybridized carbons (Fsp3) is 0.176. The van der Waals surface area contributed by atoms with E-state index in [0.29, 0.717) is 0 Å². The second-order valence-corrected chi connectivity index (χ2v) is 5.25. The van der Waals surface area contributed by atoms with Crippen molar-refractivity contribution in [3.05, 3.63) is 72.3 Å². The maximum atomic E-state index is 2.34. The Bertz CT molecular complexity index is 486. The van der Waals surface area contributed by atoms with Crippen molar-refractivity contribution in [2.75, 3.05) is 0 Å². The van der Waals surface area contributed by atoms with Crippen LogP contribution in [0.5, 0.6) is 0 Å². The molecule has 0 aliphatic heterocycles. The highest BCUT2D eigenvalue weighted by molar-refractivity contribution is 8.08. The molecule has 0 radical (unpaired) electrons. The molecule has 2 rings (SSSR count). The van der Waals surface area contributed by atoms with Crippen molar-refractivity contribution in [3.8, 4) is 0 Å². The van der Waals surface area contributed by atoms with E-state index in [-0.39, 0.29) is 0 Å². The molecule has 0 spiro atoms. The van der Waals surface area contributed by atoms with Crippen LogP contribution in [0.1, 0.15) is 25.3 Å². The number of unbranched alkanes of at least 4 members (excludes halogenated alkanes) is 1. The summed E-state index contributed by atoms with van der Waals surface area (Å²) < 4.78 is 0. The minimum atomic E-state index is 1.13. The molecule has 2 aromatic rings. The van der Waals surface area contributed by atoms with Crippen LogP contribution < -0.4 is 0 Å². The summed E-state index contributed by atoms with van der Waals surface area (Å²) in [5, 5.41) is 0. The maximum absolute atomic E-state index is 2.34. The van der Waals surface area contributed by atoms with Gasteiger partial charge >= 0.3 is 0 Å². The zero-order valence-electron chi connectivity index (χ0n) is 10.7. The van der Waals surface area contributed by atoms with Gasteiger partial charge in [0.2, 0.25) is 0 Å². The molecule has 0 amide bonds. The average Bonchev–Trinajstić information content (AvgIpc) is 2.45. The summed E-state index contributed by atoms with van der Waals surface area (Å²) in [6, 6.07) is 21.2. The number of rotatable bonds is 5. The second-order valence-electron chi connectivity index (χ2n) is 4.14. The molecular weight excluding hydrogens is 236 g/mol. The van der Waals surface area contributed by atoms with Gasteiger partial charge in [0.1, 0.15) is 0 Å². The topological polar surface area (TPSA) is 0 Å². The van der Waals surface area contributed by atoms with Crippen LogP contribution in [-0.2, 0) is 0 Å². The molecule has 0 aliphatic rings. The Morgan fingerprint density at radius 3 is 2.17 bits per heavy atom. The summed E-state index contributed by atoms with van der Waals surface area (Å²) in [5.41, 5.74) is 1.31. The molecule has 0 atom stereocenters. The highest BCUT2D eigenvalue weighted by Crippen LogP contribution is 2.34. The quantitative estimate of drug-likeness (QED) is 0.624. The van der Waals surface area contributed by atoms with Gasteiger partial charge in [-0.1, -0.05) is 79.7 Å². The predicted octanol–water partition coefficient (Wildman–Crippen LogP) is 5.62. The van der Waals surface area contributed by atoms with E-state index in [2.05, 4.69) is 73.7 Å². The van der Waals surface area contributed by atoms with Crippen molar-refractivity contribution in [3.63, 3.8) is 0 Å². The van der Waals surface area contributed by atoms with Gasteiger partial charge in [0.25, 0.3) is 0 Å². The maximum Gasteiger partial charge on any atom is 0.0154 e. The number of benzene rings is 2. The van der Waals surface area contributed by atoms with Gasteiger partial charge < -0.3 is 0 Å². The first-order chi connectivity index (χ1) is 8.90. The Morgan fingerprint density at radius 2 is 1.56 bits per heavy atom. The van der Waals surface area contributed by atoms with Crippen LogP contribution in [0.25, 0.3) is 4.91 Å². The first kappa shape index (κ1) is 13.0. The van der Waals surface area contributed by atoms with Gasteiger partial charge in [-0.2, -0.15) is 0 Å². The number of hydrogen-bond donors (Lipinski definition) is 0. The third-order valence-electron chi connectivity index (χ3n) is 2.65. The monoisotopic (exact) mass is 254 g/mol. The van der Waals surface area contributed by atoms with Gasteiger partial charge in [0.15, 0.2) is 0 Å². The van der Waals surface area contributed by atoms with Crippen molar-refractivity contribution in [2.45, 2.75) is 24.7 Å². The van der Waals surface area contributed by atoms with Crippen LogP contribution in [0.4, 0.5) is 0 Å². The van der Waals surface area contributed by atoms with Gasteiger partial charge in [-0.15, -0.1) is 0 Å². The molecule has 0 saturated heterocycles. The summed E-state index contributed by atoms with van der Waals surface area (Å²) in [6.07, 6.45) is 4.66. The minimum absolute atomic E-state index is 1.13. The summed E-state index contributed by atoms with van der Waals surface area (Å²) in [4.78, 5) is 2.65. The highest BCUT2D eigenvalue weighted by Gasteiger charge is 2.02. The molecule has 0 unspecified atom stereocenters. The highest BCUT2D eigenvalue weighted by atomic mass is 32.2. The molecule has 0 fully saturated rings. The fourth-order valence-corrected chi connectivity index (χ4v) is 2.71. The molecule has 0 N–H and O–H groups in total. The Morgan fingerprint density at radius 1 is 0.944 bits per heavy atom. The first-order valence-corrected chi connectivity index (χ1v) is 7.20. The normalized spacial score (nSPS) is 11.5. The van der Waals surface area contributed by atoms with Crippen molar-refractivity contribution in [1.82, 2.24) is 0 Å². The zero-order chi connectivity index (χ0) is 12.6. The van der Waals surface area contributed by atoms with Gasteiger partial charge in [-0.25, -0.2) is 0 Å². The largest absolute Gasteiger partial charge is 0.0898 e. The summed E-state index contributed by atoms with van der Waals surface area (Å²) in [6.45, 7) is 2.21. The van der Waals surface area contributed by atoms with Crippen LogP contribution in [0.2, 0.25) is 0 Å². The number of hydrogen-bond acceptors (Lipinski definition) is 1. The lowest BCUT2D eigenvalue weighted by Gasteiger charge is -2.07. The third-order valence-corrected chi connectivity index (χ3v) is 3.78. The van der Waals surface area contributed by atoms with E-state index in [1.165, 1.54) is 21.8 Å². The van der Waals surface area contributed by atoms with E-state index in [0.717, 1.165) is 6.42 Å². The van der Waals surface area contributed by atoms with E-state index in [4.69, 9.17) is 0 Å². The third kappa shape index (κ3) is 3.78. The molecular formula is C17H18S. The van der Waals surface area contributed by atoms with Crippen LogP contribution in [0.15, 0.2) is 71.6 Å². The Kier molecular flexibility index (Phi) is 5.10. The Balaban J connectivity index is 2.22. The van der Waals surface area contributed by atoms with Gasteiger partial charge in [0, 0.05) is 9.80 Å². The Hall–Kier alpha value is -1.47. The summed E-state index contributed by atoms with van der Waals surface area (Å²) >= 11 is 1.84. The van der Waals surface area contributed by atoms with Crippen molar-refractivity contribution in [2.24, 2.45) is 0 Å². The van der Waals surface area contributed by atoms with Crippen LogP contribution in [-0.4, -0.2) is 0 Å². The minimum Gasteiger partial charge on any atom is -0.0898 e.